The summed E-state index contributed by atoms with van der Waals surface area (Å²) in [5.74, 6) is -1.15. The molecule has 128 valence electrons. The Hall–Kier alpha value is -3.02. The Balaban J connectivity index is 2.12. The van der Waals surface area contributed by atoms with Crippen molar-refractivity contribution < 1.29 is 18.8 Å². The fourth-order valence-corrected chi connectivity index (χ4v) is 2.94. The summed E-state index contributed by atoms with van der Waals surface area (Å²) in [6.07, 6.45) is 0. The zero-order chi connectivity index (χ0) is 18.3. The number of carbonyl (C=O) groups is 1. The van der Waals surface area contributed by atoms with Crippen molar-refractivity contribution in [1.29, 1.82) is 0 Å². The Bertz CT molecular complexity index is 969. The van der Waals surface area contributed by atoms with Gasteiger partial charge in [0.25, 0.3) is 5.89 Å². The zero-order valence-corrected chi connectivity index (χ0v) is 14.3. The molecule has 5 nitrogen and oxygen atoms in total. The first-order valence-corrected chi connectivity index (χ1v) is 7.73. The van der Waals surface area contributed by atoms with Crippen LogP contribution in [0, 0.1) is 33.5 Å². The van der Waals surface area contributed by atoms with Crippen LogP contribution in [0.15, 0.2) is 28.8 Å². The average molecular weight is 340 g/mol. The van der Waals surface area contributed by atoms with Crippen LogP contribution >= 0.6 is 0 Å². The number of nitrogens with zero attached hydrogens (tertiary/aromatic N) is 2. The molecule has 1 heterocycles. The van der Waals surface area contributed by atoms with Gasteiger partial charge < -0.3 is 9.63 Å². The van der Waals surface area contributed by atoms with Gasteiger partial charge in [-0.3, -0.25) is 0 Å². The van der Waals surface area contributed by atoms with Gasteiger partial charge >= 0.3 is 5.97 Å². The van der Waals surface area contributed by atoms with Gasteiger partial charge in [-0.15, -0.1) is 0 Å². The normalized spacial score (nSPS) is 10.9. The number of aryl methyl sites for hydroxylation is 4. The van der Waals surface area contributed by atoms with Crippen LogP contribution in [0.3, 0.4) is 0 Å². The molecule has 2 aromatic carbocycles. The number of hydrogen-bond acceptors (Lipinski definition) is 4. The van der Waals surface area contributed by atoms with Crippen molar-refractivity contribution in [3.8, 4) is 22.8 Å². The fourth-order valence-electron chi connectivity index (χ4n) is 2.94. The van der Waals surface area contributed by atoms with Crippen LogP contribution in [0.1, 0.15) is 32.6 Å². The molecular formula is C19H17FN2O3. The molecule has 0 fully saturated rings. The molecule has 1 aromatic heterocycles. The van der Waals surface area contributed by atoms with E-state index in [1.807, 2.05) is 19.9 Å². The maximum atomic E-state index is 14.3. The van der Waals surface area contributed by atoms with Crippen molar-refractivity contribution in [3.05, 3.63) is 57.9 Å². The SMILES string of the molecule is Cc1cc(C)c(-c2nc(-c3cc(C(=O)O)c(C)cc3C)no2)c(F)c1. The standard InChI is InChI=1S/C19H17FN2O3/c1-9-5-12(4)16(15(20)6-9)18-21-17(22-25-18)13-8-14(19(23)24)11(3)7-10(13)2/h5-8H,1-4H3,(H,23,24). The molecule has 1 N–H and O–H groups in total. The minimum Gasteiger partial charge on any atom is -0.478 e. The first kappa shape index (κ1) is 16.8. The number of carboxylic acid groups (broad SMARTS) is 1. The van der Waals surface area contributed by atoms with Crippen LogP contribution in [0.2, 0.25) is 0 Å². The van der Waals surface area contributed by atoms with E-state index >= 15 is 0 Å². The smallest absolute Gasteiger partial charge is 0.335 e. The molecule has 0 saturated carbocycles. The summed E-state index contributed by atoms with van der Waals surface area (Å²) in [6, 6.07) is 6.51. The number of carboxylic acids is 1. The van der Waals surface area contributed by atoms with E-state index in [-0.39, 0.29) is 22.8 Å². The molecule has 0 unspecified atom stereocenters. The Morgan fingerprint density at radius 3 is 2.40 bits per heavy atom. The van der Waals surface area contributed by atoms with E-state index in [9.17, 15) is 14.3 Å². The van der Waals surface area contributed by atoms with Crippen LogP contribution in [0.25, 0.3) is 22.8 Å². The Kier molecular flexibility index (Phi) is 4.12. The zero-order valence-electron chi connectivity index (χ0n) is 14.3. The van der Waals surface area contributed by atoms with Gasteiger partial charge in [-0.05, 0) is 62.1 Å². The topological polar surface area (TPSA) is 76.2 Å². The molecule has 0 aliphatic rings. The number of hydrogen-bond donors (Lipinski definition) is 1. The highest BCUT2D eigenvalue weighted by atomic mass is 19.1. The fraction of sp³-hybridized carbons (Fsp3) is 0.211. The highest BCUT2D eigenvalue weighted by Gasteiger charge is 2.19. The summed E-state index contributed by atoms with van der Waals surface area (Å²) in [4.78, 5) is 15.6. The second kappa shape index (κ2) is 6.12. The first-order chi connectivity index (χ1) is 11.8. The van der Waals surface area contributed by atoms with Crippen LogP contribution < -0.4 is 0 Å². The largest absolute Gasteiger partial charge is 0.478 e. The van der Waals surface area contributed by atoms with Gasteiger partial charge in [0.15, 0.2) is 0 Å². The van der Waals surface area contributed by atoms with E-state index in [1.165, 1.54) is 12.1 Å². The third kappa shape index (κ3) is 3.03. The predicted octanol–water partition coefficient (Wildman–Crippen LogP) is 4.47. The maximum absolute atomic E-state index is 14.3. The van der Waals surface area contributed by atoms with E-state index in [2.05, 4.69) is 10.1 Å². The van der Waals surface area contributed by atoms with Crippen LogP contribution in [0.4, 0.5) is 4.39 Å². The molecule has 0 spiro atoms. The lowest BCUT2D eigenvalue weighted by atomic mass is 9.99. The van der Waals surface area contributed by atoms with E-state index in [4.69, 9.17) is 4.52 Å². The van der Waals surface area contributed by atoms with Gasteiger partial charge in [-0.2, -0.15) is 4.98 Å². The second-order valence-corrected chi connectivity index (χ2v) is 6.15. The lowest BCUT2D eigenvalue weighted by molar-refractivity contribution is 0.0696. The summed E-state index contributed by atoms with van der Waals surface area (Å²) in [5, 5.41) is 13.2. The second-order valence-electron chi connectivity index (χ2n) is 6.15. The average Bonchev–Trinajstić information content (AvgIpc) is 2.95. The number of aromatic carboxylic acids is 1. The number of halogens is 1. The molecular weight excluding hydrogens is 323 g/mol. The third-order valence-electron chi connectivity index (χ3n) is 4.11. The van der Waals surface area contributed by atoms with Gasteiger partial charge in [-0.25, -0.2) is 9.18 Å². The highest BCUT2D eigenvalue weighted by Crippen LogP contribution is 2.30. The summed E-state index contributed by atoms with van der Waals surface area (Å²) in [6.45, 7) is 7.14. The molecule has 3 aromatic rings. The lowest BCUT2D eigenvalue weighted by Crippen LogP contribution is -2.01. The molecule has 6 heteroatoms. The summed E-state index contributed by atoms with van der Waals surface area (Å²) in [5.41, 5.74) is 3.94. The molecule has 0 atom stereocenters. The van der Waals surface area contributed by atoms with Crippen molar-refractivity contribution in [3.63, 3.8) is 0 Å². The van der Waals surface area contributed by atoms with E-state index < -0.39 is 11.8 Å². The predicted molar refractivity (Wildman–Crippen MR) is 91.0 cm³/mol. The monoisotopic (exact) mass is 340 g/mol. The quantitative estimate of drug-likeness (QED) is 0.761. The van der Waals surface area contributed by atoms with E-state index in [0.717, 1.165) is 11.1 Å². The Labute approximate surface area is 144 Å². The molecule has 0 bridgehead atoms. The minimum absolute atomic E-state index is 0.0712. The van der Waals surface area contributed by atoms with Crippen LogP contribution in [0.5, 0.6) is 0 Å². The van der Waals surface area contributed by atoms with Gasteiger partial charge in [0, 0.05) is 5.56 Å². The van der Waals surface area contributed by atoms with Crippen LogP contribution in [-0.2, 0) is 0 Å². The van der Waals surface area contributed by atoms with Crippen molar-refractivity contribution in [1.82, 2.24) is 10.1 Å². The first-order valence-electron chi connectivity index (χ1n) is 7.73. The lowest BCUT2D eigenvalue weighted by Gasteiger charge is -2.06. The van der Waals surface area contributed by atoms with Gasteiger partial charge in [-0.1, -0.05) is 17.3 Å². The van der Waals surface area contributed by atoms with E-state index in [0.29, 0.717) is 16.7 Å². The molecule has 0 radical (unpaired) electrons. The molecule has 0 saturated heterocycles. The molecule has 0 amide bonds. The van der Waals surface area contributed by atoms with E-state index in [1.54, 1.807) is 19.9 Å². The summed E-state index contributed by atoms with van der Waals surface area (Å²) in [7, 11) is 0. The van der Waals surface area contributed by atoms with Crippen molar-refractivity contribution >= 4 is 5.97 Å². The Morgan fingerprint density at radius 1 is 1.04 bits per heavy atom. The number of aromatic nitrogens is 2. The Morgan fingerprint density at radius 2 is 1.76 bits per heavy atom. The van der Waals surface area contributed by atoms with Crippen molar-refractivity contribution in [2.45, 2.75) is 27.7 Å². The summed E-state index contributed by atoms with van der Waals surface area (Å²) >= 11 is 0. The third-order valence-corrected chi connectivity index (χ3v) is 4.11. The van der Waals surface area contributed by atoms with Crippen molar-refractivity contribution in [2.24, 2.45) is 0 Å². The molecule has 0 aliphatic heterocycles. The van der Waals surface area contributed by atoms with Gasteiger partial charge in [0.2, 0.25) is 5.82 Å². The maximum Gasteiger partial charge on any atom is 0.335 e. The molecule has 25 heavy (non-hydrogen) atoms. The van der Waals surface area contributed by atoms with Gasteiger partial charge in [0.1, 0.15) is 5.82 Å². The number of rotatable bonds is 3. The van der Waals surface area contributed by atoms with Crippen LogP contribution in [-0.4, -0.2) is 21.2 Å². The molecule has 3 rings (SSSR count). The molecule has 0 aliphatic carbocycles. The summed E-state index contributed by atoms with van der Waals surface area (Å²) < 4.78 is 19.5. The number of benzene rings is 2. The van der Waals surface area contributed by atoms with Gasteiger partial charge in [0.05, 0.1) is 11.1 Å². The highest BCUT2D eigenvalue weighted by molar-refractivity contribution is 5.91. The van der Waals surface area contributed by atoms with Crippen molar-refractivity contribution in [2.75, 3.05) is 0 Å². The minimum atomic E-state index is -1.03.